The second-order valence-corrected chi connectivity index (χ2v) is 8.67. The third-order valence-corrected chi connectivity index (χ3v) is 6.36. The van der Waals surface area contributed by atoms with Crippen molar-refractivity contribution < 1.29 is 0 Å². The van der Waals surface area contributed by atoms with Crippen LogP contribution in [0.4, 0.5) is 11.4 Å². The lowest BCUT2D eigenvalue weighted by Gasteiger charge is -2.39. The molecule has 0 unspecified atom stereocenters. The van der Waals surface area contributed by atoms with E-state index in [-0.39, 0.29) is 0 Å². The minimum Gasteiger partial charge on any atom is -0.337 e. The summed E-state index contributed by atoms with van der Waals surface area (Å²) >= 11 is 6.26. The number of hydrogen-bond acceptors (Lipinski definition) is 4. The molecule has 1 aliphatic carbocycles. The Labute approximate surface area is 181 Å². The fraction of sp³-hybridized carbons (Fsp3) is 0.280. The summed E-state index contributed by atoms with van der Waals surface area (Å²) in [5.41, 5.74) is 11.5. The van der Waals surface area contributed by atoms with E-state index in [9.17, 15) is 0 Å². The Morgan fingerprint density at radius 1 is 0.900 bits per heavy atom. The highest BCUT2D eigenvalue weighted by molar-refractivity contribution is 6.31. The van der Waals surface area contributed by atoms with Gasteiger partial charge in [0.05, 0.1) is 22.4 Å². The maximum absolute atomic E-state index is 6.26. The molecule has 2 N–H and O–H groups in total. The van der Waals surface area contributed by atoms with Gasteiger partial charge in [-0.15, -0.1) is 0 Å². The van der Waals surface area contributed by atoms with E-state index in [0.29, 0.717) is 17.1 Å². The zero-order valence-corrected chi connectivity index (χ0v) is 17.8. The monoisotopic (exact) mass is 416 g/mol. The van der Waals surface area contributed by atoms with Gasteiger partial charge in [-0.05, 0) is 69.0 Å². The van der Waals surface area contributed by atoms with Crippen LogP contribution in [0.2, 0.25) is 5.02 Å². The number of aromatic nitrogens is 2. The molecule has 0 bridgehead atoms. The van der Waals surface area contributed by atoms with Crippen molar-refractivity contribution >= 4 is 44.8 Å². The van der Waals surface area contributed by atoms with Crippen LogP contribution in [-0.4, -0.2) is 22.1 Å². The van der Waals surface area contributed by atoms with Gasteiger partial charge in [-0.3, -0.25) is 9.97 Å². The van der Waals surface area contributed by atoms with Gasteiger partial charge in [0.2, 0.25) is 0 Å². The van der Waals surface area contributed by atoms with Crippen LogP contribution in [-0.2, 0) is 0 Å². The summed E-state index contributed by atoms with van der Waals surface area (Å²) in [6.45, 7) is 2.06. The van der Waals surface area contributed by atoms with E-state index >= 15 is 0 Å². The number of aryl methyl sites for hydroxylation is 1. The summed E-state index contributed by atoms with van der Waals surface area (Å²) in [6.07, 6.45) is 6.09. The van der Waals surface area contributed by atoms with Gasteiger partial charge in [0.15, 0.2) is 0 Å². The zero-order chi connectivity index (χ0) is 20.7. The van der Waals surface area contributed by atoms with Gasteiger partial charge in [0, 0.05) is 39.8 Å². The molecule has 0 spiro atoms. The SMILES string of the molecule is Cc1cc(N(c2ccnc3cc(Cl)ccc23)C2CCC(N)CC2)c2ccccc2n1. The predicted molar refractivity (Wildman–Crippen MR) is 126 cm³/mol. The number of para-hydroxylation sites is 1. The first kappa shape index (κ1) is 19.3. The molecule has 1 aliphatic rings. The summed E-state index contributed by atoms with van der Waals surface area (Å²) in [7, 11) is 0. The molecule has 0 saturated heterocycles. The molecule has 0 aliphatic heterocycles. The van der Waals surface area contributed by atoms with Crippen molar-refractivity contribution in [1.29, 1.82) is 0 Å². The van der Waals surface area contributed by atoms with Gasteiger partial charge in [-0.2, -0.15) is 0 Å². The van der Waals surface area contributed by atoms with Gasteiger partial charge in [0.1, 0.15) is 0 Å². The van der Waals surface area contributed by atoms with Crippen molar-refractivity contribution in [3.8, 4) is 0 Å². The lowest BCUT2D eigenvalue weighted by Crippen LogP contribution is -2.38. The van der Waals surface area contributed by atoms with Crippen LogP contribution in [0.3, 0.4) is 0 Å². The lowest BCUT2D eigenvalue weighted by molar-refractivity contribution is 0.391. The van der Waals surface area contributed by atoms with E-state index in [1.165, 1.54) is 5.69 Å². The van der Waals surface area contributed by atoms with Crippen LogP contribution >= 0.6 is 11.6 Å². The molecular weight excluding hydrogens is 392 g/mol. The Kier molecular flexibility index (Phi) is 5.05. The fourth-order valence-corrected chi connectivity index (χ4v) is 4.85. The highest BCUT2D eigenvalue weighted by Gasteiger charge is 2.28. The molecule has 1 saturated carbocycles. The van der Waals surface area contributed by atoms with Crippen molar-refractivity contribution in [2.24, 2.45) is 5.73 Å². The second-order valence-electron chi connectivity index (χ2n) is 8.23. The molecule has 2 aromatic carbocycles. The minimum absolute atomic E-state index is 0.298. The maximum atomic E-state index is 6.26. The summed E-state index contributed by atoms with van der Waals surface area (Å²) in [5, 5.41) is 2.97. The zero-order valence-electron chi connectivity index (χ0n) is 17.1. The first-order valence-electron chi connectivity index (χ1n) is 10.6. The summed E-state index contributed by atoms with van der Waals surface area (Å²) in [5.74, 6) is 0. The first-order valence-corrected chi connectivity index (χ1v) is 10.9. The fourth-order valence-electron chi connectivity index (χ4n) is 4.68. The highest BCUT2D eigenvalue weighted by Crippen LogP contribution is 2.41. The average Bonchev–Trinajstić information content (AvgIpc) is 2.75. The van der Waals surface area contributed by atoms with Gasteiger partial charge in [-0.1, -0.05) is 29.8 Å². The van der Waals surface area contributed by atoms with Crippen molar-refractivity contribution in [3.05, 3.63) is 71.5 Å². The molecule has 2 aromatic heterocycles. The van der Waals surface area contributed by atoms with Crippen LogP contribution in [0.5, 0.6) is 0 Å². The average molecular weight is 417 g/mol. The van der Waals surface area contributed by atoms with Gasteiger partial charge >= 0.3 is 0 Å². The van der Waals surface area contributed by atoms with E-state index < -0.39 is 0 Å². The molecule has 152 valence electrons. The quantitative estimate of drug-likeness (QED) is 0.435. The van der Waals surface area contributed by atoms with Crippen molar-refractivity contribution in [1.82, 2.24) is 9.97 Å². The van der Waals surface area contributed by atoms with E-state index in [1.807, 2.05) is 24.4 Å². The van der Waals surface area contributed by atoms with E-state index in [2.05, 4.69) is 53.2 Å². The number of anilines is 2. The molecule has 30 heavy (non-hydrogen) atoms. The molecule has 0 radical (unpaired) electrons. The molecule has 5 heteroatoms. The van der Waals surface area contributed by atoms with Crippen LogP contribution < -0.4 is 10.6 Å². The predicted octanol–water partition coefficient (Wildman–Crippen LogP) is 6.15. The van der Waals surface area contributed by atoms with Crippen molar-refractivity contribution in [3.63, 3.8) is 0 Å². The molecule has 2 heterocycles. The van der Waals surface area contributed by atoms with Crippen LogP contribution in [0.25, 0.3) is 21.8 Å². The van der Waals surface area contributed by atoms with Crippen LogP contribution in [0.15, 0.2) is 60.8 Å². The minimum atomic E-state index is 0.298. The second kappa shape index (κ2) is 7.86. The molecule has 4 aromatic rings. The Morgan fingerprint density at radius 2 is 1.67 bits per heavy atom. The molecule has 1 fully saturated rings. The Balaban J connectivity index is 1.76. The number of pyridine rings is 2. The maximum Gasteiger partial charge on any atom is 0.0737 e. The van der Waals surface area contributed by atoms with Gasteiger partial charge < -0.3 is 10.6 Å². The van der Waals surface area contributed by atoms with E-state index in [4.69, 9.17) is 22.3 Å². The Hall–Kier alpha value is -2.69. The molecule has 0 atom stereocenters. The standard InChI is InChI=1S/C25H25ClN4/c1-16-14-25(20-4-2-3-5-22(20)29-16)30(19-9-7-18(27)8-10-19)24-12-13-28-23-15-17(26)6-11-21(23)24/h2-6,11-15,18-19H,7-10,27H2,1H3. The molecule has 4 nitrogen and oxygen atoms in total. The van der Waals surface area contributed by atoms with Crippen LogP contribution in [0.1, 0.15) is 31.4 Å². The van der Waals surface area contributed by atoms with E-state index in [0.717, 1.165) is 58.9 Å². The largest absolute Gasteiger partial charge is 0.337 e. The summed E-state index contributed by atoms with van der Waals surface area (Å²) in [4.78, 5) is 11.8. The normalized spacial score (nSPS) is 19.3. The lowest BCUT2D eigenvalue weighted by atomic mass is 9.89. The summed E-state index contributed by atoms with van der Waals surface area (Å²) < 4.78 is 0. The molecule has 5 rings (SSSR count). The number of nitrogens with two attached hydrogens (primary N) is 1. The van der Waals surface area contributed by atoms with E-state index in [1.54, 1.807) is 0 Å². The number of benzene rings is 2. The highest BCUT2D eigenvalue weighted by atomic mass is 35.5. The molecular formula is C25H25ClN4. The Bertz CT molecular complexity index is 1210. The molecule has 0 amide bonds. The van der Waals surface area contributed by atoms with Crippen molar-refractivity contribution in [2.75, 3.05) is 4.90 Å². The number of fused-ring (bicyclic) bond motifs is 2. The van der Waals surface area contributed by atoms with Crippen molar-refractivity contribution in [2.45, 2.75) is 44.7 Å². The third kappa shape index (κ3) is 3.51. The number of hydrogen-bond donors (Lipinski definition) is 1. The topological polar surface area (TPSA) is 55.0 Å². The van der Waals surface area contributed by atoms with Crippen LogP contribution in [0, 0.1) is 6.92 Å². The number of nitrogens with zero attached hydrogens (tertiary/aromatic N) is 3. The smallest absolute Gasteiger partial charge is 0.0737 e. The first-order chi connectivity index (χ1) is 14.6. The summed E-state index contributed by atoms with van der Waals surface area (Å²) in [6, 6.07) is 19.3. The number of halogens is 1. The van der Waals surface area contributed by atoms with Gasteiger partial charge in [0.25, 0.3) is 0 Å². The van der Waals surface area contributed by atoms with Gasteiger partial charge in [-0.25, -0.2) is 0 Å². The Morgan fingerprint density at radius 3 is 2.50 bits per heavy atom. The third-order valence-electron chi connectivity index (χ3n) is 6.13. The number of rotatable bonds is 3.